The zero-order valence-electron chi connectivity index (χ0n) is 15.0. The van der Waals surface area contributed by atoms with Crippen LogP contribution >= 0.6 is 0 Å². The zero-order chi connectivity index (χ0) is 17.5. The molecule has 1 aromatic rings. The van der Waals surface area contributed by atoms with Crippen LogP contribution in [0.15, 0.2) is 12.4 Å². The van der Waals surface area contributed by atoms with Crippen molar-refractivity contribution >= 4 is 24.4 Å². The molecule has 8 heteroatoms. The first kappa shape index (κ1) is 17.2. The van der Waals surface area contributed by atoms with Crippen molar-refractivity contribution < 1.29 is 14.1 Å². The van der Waals surface area contributed by atoms with Crippen molar-refractivity contribution in [2.75, 3.05) is 18.0 Å². The molecule has 0 unspecified atom stereocenters. The molecule has 2 saturated heterocycles. The van der Waals surface area contributed by atoms with Crippen molar-refractivity contribution in [1.29, 1.82) is 0 Å². The van der Waals surface area contributed by atoms with Crippen molar-refractivity contribution in [2.24, 2.45) is 0 Å². The summed E-state index contributed by atoms with van der Waals surface area (Å²) in [6.45, 7) is 11.2. The van der Waals surface area contributed by atoms with Crippen molar-refractivity contribution in [3.05, 3.63) is 12.4 Å². The molecule has 3 heterocycles. The van der Waals surface area contributed by atoms with Gasteiger partial charge in [-0.25, -0.2) is 9.97 Å². The molecule has 1 aromatic heterocycles. The van der Waals surface area contributed by atoms with Crippen LogP contribution in [0, 0.1) is 0 Å². The molecule has 2 fully saturated rings. The molecular weight excluding hydrogens is 307 g/mol. The van der Waals surface area contributed by atoms with Gasteiger partial charge in [-0.1, -0.05) is 0 Å². The van der Waals surface area contributed by atoms with Crippen LogP contribution in [-0.4, -0.2) is 53.3 Å². The zero-order valence-corrected chi connectivity index (χ0v) is 15.0. The lowest BCUT2D eigenvalue weighted by molar-refractivity contribution is -0.119. The molecule has 0 bridgehead atoms. The van der Waals surface area contributed by atoms with E-state index in [4.69, 9.17) is 9.31 Å². The first-order chi connectivity index (χ1) is 11.2. The lowest BCUT2D eigenvalue weighted by Crippen LogP contribution is -2.41. The molecular formula is C16H25BN4O3. The van der Waals surface area contributed by atoms with Crippen LogP contribution in [0.3, 0.4) is 0 Å². The van der Waals surface area contributed by atoms with Gasteiger partial charge in [-0.05, 0) is 34.1 Å². The van der Waals surface area contributed by atoms with Gasteiger partial charge in [0.2, 0.25) is 11.9 Å². The summed E-state index contributed by atoms with van der Waals surface area (Å²) < 4.78 is 12.0. The standard InChI is InChI=1S/C16H25BN4O3/c1-11(22)20-13-6-7-21(10-13)14-18-8-12(9-19-14)17-23-15(2,3)16(4,5)24-17/h8-9,13H,6-7,10H2,1-5H3,(H,20,22)/t13-/m0/s1. The molecule has 1 atom stereocenters. The number of nitrogens with zero attached hydrogens (tertiary/aromatic N) is 3. The Balaban J connectivity index is 1.66. The molecule has 1 N–H and O–H groups in total. The van der Waals surface area contributed by atoms with Crippen LogP contribution in [0.4, 0.5) is 5.95 Å². The third-order valence-electron chi connectivity index (χ3n) is 5.06. The van der Waals surface area contributed by atoms with E-state index in [1.165, 1.54) is 0 Å². The van der Waals surface area contributed by atoms with E-state index in [0.717, 1.165) is 25.0 Å². The molecule has 0 aromatic carbocycles. The monoisotopic (exact) mass is 332 g/mol. The lowest BCUT2D eigenvalue weighted by Gasteiger charge is -2.32. The molecule has 3 rings (SSSR count). The Kier molecular flexibility index (Phi) is 4.29. The van der Waals surface area contributed by atoms with E-state index in [1.807, 2.05) is 27.7 Å². The van der Waals surface area contributed by atoms with Gasteiger partial charge in [-0.15, -0.1) is 0 Å². The summed E-state index contributed by atoms with van der Waals surface area (Å²) in [6, 6.07) is 0.161. The Morgan fingerprint density at radius 3 is 2.38 bits per heavy atom. The van der Waals surface area contributed by atoms with Crippen LogP contribution in [-0.2, 0) is 14.1 Å². The van der Waals surface area contributed by atoms with Crippen LogP contribution in [0.1, 0.15) is 41.0 Å². The lowest BCUT2D eigenvalue weighted by atomic mass is 9.81. The number of amides is 1. The Bertz CT molecular complexity index is 604. The van der Waals surface area contributed by atoms with Crippen molar-refractivity contribution in [1.82, 2.24) is 15.3 Å². The highest BCUT2D eigenvalue weighted by Gasteiger charge is 2.52. The topological polar surface area (TPSA) is 76.6 Å². The van der Waals surface area contributed by atoms with Gasteiger partial charge in [-0.2, -0.15) is 0 Å². The summed E-state index contributed by atoms with van der Waals surface area (Å²) in [6.07, 6.45) is 4.42. The average Bonchev–Trinajstić information content (AvgIpc) is 3.01. The van der Waals surface area contributed by atoms with Crippen molar-refractivity contribution in [2.45, 2.75) is 58.3 Å². The first-order valence-corrected chi connectivity index (χ1v) is 8.37. The maximum Gasteiger partial charge on any atom is 0.498 e. The molecule has 0 spiro atoms. The fraction of sp³-hybridized carbons (Fsp3) is 0.688. The number of nitrogens with one attached hydrogen (secondary N) is 1. The first-order valence-electron chi connectivity index (χ1n) is 8.37. The number of carbonyl (C=O) groups is 1. The van der Waals surface area contributed by atoms with Gasteiger partial charge in [0.1, 0.15) is 0 Å². The van der Waals surface area contributed by atoms with Crippen molar-refractivity contribution in [3.63, 3.8) is 0 Å². The number of rotatable bonds is 3. The second kappa shape index (κ2) is 6.00. The quantitative estimate of drug-likeness (QED) is 0.812. The van der Waals surface area contributed by atoms with E-state index in [0.29, 0.717) is 5.95 Å². The normalized spacial score (nSPS) is 25.1. The highest BCUT2D eigenvalue weighted by atomic mass is 16.7. The van der Waals surface area contributed by atoms with E-state index < -0.39 is 7.12 Å². The Morgan fingerprint density at radius 1 is 1.25 bits per heavy atom. The minimum absolute atomic E-state index is 0.00104. The summed E-state index contributed by atoms with van der Waals surface area (Å²) in [5.41, 5.74) is 0.0586. The second-order valence-corrected chi connectivity index (χ2v) is 7.54. The molecule has 130 valence electrons. The molecule has 1 amide bonds. The predicted molar refractivity (Wildman–Crippen MR) is 92.2 cm³/mol. The smallest absolute Gasteiger partial charge is 0.399 e. The Morgan fingerprint density at radius 2 is 1.83 bits per heavy atom. The number of anilines is 1. The van der Waals surface area contributed by atoms with E-state index in [1.54, 1.807) is 19.3 Å². The minimum atomic E-state index is -0.449. The third-order valence-corrected chi connectivity index (χ3v) is 5.06. The molecule has 24 heavy (non-hydrogen) atoms. The van der Waals surface area contributed by atoms with Crippen LogP contribution in [0.5, 0.6) is 0 Å². The van der Waals surface area contributed by atoms with E-state index in [2.05, 4.69) is 20.2 Å². The highest BCUT2D eigenvalue weighted by molar-refractivity contribution is 6.61. The molecule has 2 aliphatic rings. The SMILES string of the molecule is CC(=O)N[C@H]1CCN(c2ncc(B3OC(C)(C)C(C)(C)O3)cn2)C1. The average molecular weight is 332 g/mol. The maximum atomic E-state index is 11.2. The summed E-state index contributed by atoms with van der Waals surface area (Å²) in [5, 5.41) is 2.94. The van der Waals surface area contributed by atoms with E-state index in [-0.39, 0.29) is 23.2 Å². The summed E-state index contributed by atoms with van der Waals surface area (Å²) in [4.78, 5) is 22.1. The van der Waals surface area contributed by atoms with E-state index in [9.17, 15) is 4.79 Å². The van der Waals surface area contributed by atoms with Gasteiger partial charge in [0.15, 0.2) is 0 Å². The second-order valence-electron chi connectivity index (χ2n) is 7.54. The largest absolute Gasteiger partial charge is 0.498 e. The number of carbonyl (C=O) groups excluding carboxylic acids is 1. The van der Waals surface area contributed by atoms with Gasteiger partial charge in [-0.3, -0.25) is 4.79 Å². The van der Waals surface area contributed by atoms with Gasteiger partial charge >= 0.3 is 7.12 Å². The van der Waals surface area contributed by atoms with E-state index >= 15 is 0 Å². The third kappa shape index (κ3) is 3.25. The fourth-order valence-electron chi connectivity index (χ4n) is 2.94. The van der Waals surface area contributed by atoms with Crippen molar-refractivity contribution in [3.8, 4) is 0 Å². The summed E-state index contributed by atoms with van der Waals surface area (Å²) in [5.74, 6) is 0.669. The van der Waals surface area contributed by atoms with Crippen LogP contribution in [0.2, 0.25) is 0 Å². The molecule has 7 nitrogen and oxygen atoms in total. The van der Waals surface area contributed by atoms with Gasteiger partial charge in [0.25, 0.3) is 0 Å². The van der Waals surface area contributed by atoms with Crippen LogP contribution < -0.4 is 15.7 Å². The Labute approximate surface area is 143 Å². The minimum Gasteiger partial charge on any atom is -0.399 e. The highest BCUT2D eigenvalue weighted by Crippen LogP contribution is 2.36. The maximum absolute atomic E-state index is 11.2. The molecule has 0 saturated carbocycles. The fourth-order valence-corrected chi connectivity index (χ4v) is 2.94. The van der Waals surface area contributed by atoms with Gasteiger partial charge in [0.05, 0.1) is 11.2 Å². The summed E-state index contributed by atoms with van der Waals surface area (Å²) in [7, 11) is -0.449. The van der Waals surface area contributed by atoms with Gasteiger partial charge in [0, 0.05) is 43.9 Å². The van der Waals surface area contributed by atoms with Gasteiger partial charge < -0.3 is 19.5 Å². The Hall–Kier alpha value is -1.67. The molecule has 0 radical (unpaired) electrons. The number of hydrogen-bond donors (Lipinski definition) is 1. The predicted octanol–water partition coefficient (Wildman–Crippen LogP) is 0.491. The molecule has 0 aliphatic carbocycles. The number of hydrogen-bond acceptors (Lipinski definition) is 6. The number of aromatic nitrogens is 2. The summed E-state index contributed by atoms with van der Waals surface area (Å²) >= 11 is 0. The molecule has 2 aliphatic heterocycles. The van der Waals surface area contributed by atoms with Crippen LogP contribution in [0.25, 0.3) is 0 Å².